The fourth-order valence-electron chi connectivity index (χ4n) is 6.92. The van der Waals surface area contributed by atoms with Gasteiger partial charge in [0.05, 0.1) is 5.92 Å². The topological polar surface area (TPSA) is 177 Å². The van der Waals surface area contributed by atoms with Gasteiger partial charge in [0.2, 0.25) is 0 Å². The van der Waals surface area contributed by atoms with Gasteiger partial charge in [0.1, 0.15) is 28.6 Å². The molecule has 0 radical (unpaired) electrons. The zero-order chi connectivity index (χ0) is 44.0. The number of rotatable bonds is 9. The van der Waals surface area contributed by atoms with Gasteiger partial charge in [-0.1, -0.05) is 59.8 Å². The quantitative estimate of drug-likeness (QED) is 0.228. The number of piperidine rings is 1. The van der Waals surface area contributed by atoms with Gasteiger partial charge in [0.25, 0.3) is 0 Å². The molecule has 0 aromatic rings. The van der Waals surface area contributed by atoms with Crippen molar-refractivity contribution in [3.05, 3.63) is 0 Å². The summed E-state index contributed by atoms with van der Waals surface area (Å²) in [6.07, 6.45) is 13.0. The van der Waals surface area contributed by atoms with Gasteiger partial charge in [-0.15, -0.1) is 5.60 Å². The van der Waals surface area contributed by atoms with Crippen molar-refractivity contribution in [2.24, 2.45) is 17.8 Å². The number of likely N-dealkylation sites (tertiary alicyclic amines) is 1. The van der Waals surface area contributed by atoms with E-state index in [4.69, 9.17) is 23.8 Å². The smallest absolute Gasteiger partial charge is 0.850 e. The molecule has 58 heavy (non-hydrogen) atoms. The summed E-state index contributed by atoms with van der Waals surface area (Å²) < 4.78 is 15.8. The predicted molar refractivity (Wildman–Crippen MR) is 216 cm³/mol. The normalized spacial score (nSPS) is 20.1. The number of amides is 2. The Labute approximate surface area is 392 Å². The molecule has 0 spiro atoms. The van der Waals surface area contributed by atoms with Crippen LogP contribution in [0.4, 0.5) is 9.59 Å². The van der Waals surface area contributed by atoms with Crippen LogP contribution in [0.1, 0.15) is 173 Å². The van der Waals surface area contributed by atoms with Crippen LogP contribution in [-0.4, -0.2) is 101 Å². The van der Waals surface area contributed by atoms with Gasteiger partial charge in [-0.2, -0.15) is 9.59 Å². The number of carbonyl (C=O) groups is 5. The van der Waals surface area contributed by atoms with Gasteiger partial charge in [-0.25, -0.2) is 9.59 Å². The molecule has 2 saturated heterocycles. The molecular formula is C44H77KN2O11. The Hall–Kier alpha value is -1.51. The summed E-state index contributed by atoms with van der Waals surface area (Å²) in [4.78, 5) is 81.3. The summed E-state index contributed by atoms with van der Waals surface area (Å²) in [5.41, 5.74) is -1.83. The molecule has 2 aliphatic carbocycles. The minimum absolute atomic E-state index is 0. The third-order valence-electron chi connectivity index (χ3n) is 9.63. The van der Waals surface area contributed by atoms with E-state index in [2.05, 4.69) is 6.92 Å². The zero-order valence-electron chi connectivity index (χ0n) is 38.5. The molecule has 4 rings (SSSR count). The molecule has 2 amide bonds. The number of Topliss-reactive ketones (excluding diaryl/α,β-unsaturated/α-hetero) is 3. The van der Waals surface area contributed by atoms with Crippen LogP contribution in [0.25, 0.3) is 0 Å². The van der Waals surface area contributed by atoms with E-state index >= 15 is 0 Å². The Morgan fingerprint density at radius 2 is 1.29 bits per heavy atom. The molecule has 1 unspecified atom stereocenters. The standard InChI is InChI=1S/C18H33NO3.C17H27NO4.C4H8O.C4H9O.CO2.K/c1-6-9-14(2)19(17(21)22-18(3,4)5)13-12-16(20)15-10-7-8-11-15;1-11-9-14(19)13(15(20)12-7-5-6-8-12)10-18(11)16(21)22-17(2,3)4;1-2-4-5-3-1;1-4(2,3)5;2-1-3;/h14-15H,6-13H2,1-5H3;11-13H,5-10H2,1-4H3;1-4H2;1-3H3;;/q;;;-1;;+1/t14-;11-,13?;;;;/m00..../s1. The van der Waals surface area contributed by atoms with E-state index in [1.165, 1.54) is 25.7 Å². The van der Waals surface area contributed by atoms with E-state index in [1.807, 2.05) is 55.4 Å². The molecule has 2 aliphatic heterocycles. The van der Waals surface area contributed by atoms with Crippen LogP contribution in [0.15, 0.2) is 0 Å². The molecule has 13 nitrogen and oxygen atoms in total. The van der Waals surface area contributed by atoms with Crippen LogP contribution in [-0.2, 0) is 38.2 Å². The van der Waals surface area contributed by atoms with Crippen molar-refractivity contribution in [2.45, 2.75) is 202 Å². The van der Waals surface area contributed by atoms with Crippen LogP contribution in [0.3, 0.4) is 0 Å². The van der Waals surface area contributed by atoms with E-state index in [0.29, 0.717) is 18.7 Å². The van der Waals surface area contributed by atoms with Crippen LogP contribution in [0, 0.1) is 17.8 Å². The van der Waals surface area contributed by atoms with E-state index < -0.39 is 28.8 Å². The number of carbonyl (C=O) groups excluding carboxylic acids is 7. The average molecular weight is 849 g/mol. The maximum atomic E-state index is 12.6. The summed E-state index contributed by atoms with van der Waals surface area (Å²) in [5.74, 6) is -0.112. The fourth-order valence-corrected chi connectivity index (χ4v) is 6.92. The molecule has 0 bridgehead atoms. The van der Waals surface area contributed by atoms with E-state index in [-0.39, 0.29) is 112 Å². The first-order valence-corrected chi connectivity index (χ1v) is 21.2. The van der Waals surface area contributed by atoms with Gasteiger partial charge in [0, 0.05) is 63.1 Å². The summed E-state index contributed by atoms with van der Waals surface area (Å²) >= 11 is 0. The predicted octanol–water partition coefficient (Wildman–Crippen LogP) is 4.88. The Kier molecular flexibility index (Phi) is 30.0. The van der Waals surface area contributed by atoms with Gasteiger partial charge < -0.3 is 29.1 Å². The third kappa shape index (κ3) is 27.4. The molecule has 0 aromatic carbocycles. The average Bonchev–Trinajstić information content (AvgIpc) is 3.89. The molecule has 2 heterocycles. The first-order chi connectivity index (χ1) is 26.3. The number of hydrogen-bond acceptors (Lipinski definition) is 11. The summed E-state index contributed by atoms with van der Waals surface area (Å²) in [7, 11) is 0. The second kappa shape index (κ2) is 29.7. The van der Waals surface area contributed by atoms with Crippen molar-refractivity contribution in [3.8, 4) is 0 Å². The summed E-state index contributed by atoms with van der Waals surface area (Å²) in [6, 6.07) is -0.105. The summed E-state index contributed by atoms with van der Waals surface area (Å²) in [5, 5.41) is 10.1. The van der Waals surface area contributed by atoms with Gasteiger partial charge in [0.15, 0.2) is 0 Å². The first kappa shape index (κ1) is 58.6. The van der Waals surface area contributed by atoms with Crippen molar-refractivity contribution < 1.29 is 104 Å². The number of nitrogens with zero attached hydrogens (tertiary/aromatic N) is 2. The van der Waals surface area contributed by atoms with Crippen molar-refractivity contribution >= 4 is 35.7 Å². The molecule has 4 aliphatic rings. The van der Waals surface area contributed by atoms with E-state index in [0.717, 1.165) is 64.6 Å². The maximum Gasteiger partial charge on any atom is 1.00 e. The second-order valence-corrected chi connectivity index (χ2v) is 18.6. The number of ketones is 3. The maximum absolute atomic E-state index is 12.6. The molecule has 4 fully saturated rings. The zero-order valence-corrected chi connectivity index (χ0v) is 41.6. The van der Waals surface area contributed by atoms with Crippen LogP contribution >= 0.6 is 0 Å². The minimum atomic E-state index is -0.750. The first-order valence-electron chi connectivity index (χ1n) is 21.2. The van der Waals surface area contributed by atoms with Gasteiger partial charge in [-0.05, 0) is 100 Å². The van der Waals surface area contributed by atoms with Crippen molar-refractivity contribution in [3.63, 3.8) is 0 Å². The second-order valence-electron chi connectivity index (χ2n) is 18.6. The molecule has 0 N–H and O–H groups in total. The Bertz CT molecular complexity index is 1240. The van der Waals surface area contributed by atoms with Crippen LogP contribution in [0.2, 0.25) is 0 Å². The van der Waals surface area contributed by atoms with Crippen molar-refractivity contribution in [1.29, 1.82) is 0 Å². The van der Waals surface area contributed by atoms with E-state index in [9.17, 15) is 29.1 Å². The molecule has 330 valence electrons. The third-order valence-corrected chi connectivity index (χ3v) is 9.63. The molecule has 3 atom stereocenters. The Morgan fingerprint density at radius 3 is 1.69 bits per heavy atom. The Balaban J connectivity index is 0. The van der Waals surface area contributed by atoms with Crippen LogP contribution in [0.5, 0.6) is 0 Å². The van der Waals surface area contributed by atoms with Crippen molar-refractivity contribution in [2.75, 3.05) is 26.3 Å². The van der Waals surface area contributed by atoms with Gasteiger partial charge >= 0.3 is 69.7 Å². The SMILES string of the molecule is C1CCOC1.CC(C)(C)[O-].CCC[C@H](C)N(CCC(=O)C1CCCC1)C(=O)OC(C)(C)C.C[C@H]1CC(=O)C(C(=O)C2CCCC2)CN1C(=O)OC(C)(C)C.O=C=O.[K+]. The fraction of sp³-hybridized carbons (Fsp3) is 0.864. The number of hydrogen-bond donors (Lipinski definition) is 0. The van der Waals surface area contributed by atoms with Gasteiger partial charge in [-0.3, -0.25) is 14.4 Å². The minimum Gasteiger partial charge on any atom is -0.850 e. The van der Waals surface area contributed by atoms with Crippen molar-refractivity contribution in [1.82, 2.24) is 9.80 Å². The Morgan fingerprint density at radius 1 is 0.845 bits per heavy atom. The monoisotopic (exact) mass is 849 g/mol. The molecule has 0 aromatic heterocycles. The largest absolute Gasteiger partial charge is 1.00 e. The molecule has 14 heteroatoms. The van der Waals surface area contributed by atoms with Crippen LogP contribution < -0.4 is 56.5 Å². The number of ether oxygens (including phenoxy) is 3. The molecular weight excluding hydrogens is 772 g/mol. The summed E-state index contributed by atoms with van der Waals surface area (Å²) in [6.45, 7) is 24.6. The van der Waals surface area contributed by atoms with E-state index in [1.54, 1.807) is 30.6 Å². The molecule has 2 saturated carbocycles.